The van der Waals surface area contributed by atoms with Gasteiger partial charge in [-0.1, -0.05) is 12.1 Å². The summed E-state index contributed by atoms with van der Waals surface area (Å²) in [6, 6.07) is 9.04. The van der Waals surface area contributed by atoms with Crippen molar-refractivity contribution in [2.75, 3.05) is 13.2 Å². The highest BCUT2D eigenvalue weighted by Gasteiger charge is 2.25. The summed E-state index contributed by atoms with van der Waals surface area (Å²) >= 11 is 3.65. The van der Waals surface area contributed by atoms with Crippen molar-refractivity contribution in [1.82, 2.24) is 5.32 Å². The Hall–Kier alpha value is -0.680. The van der Waals surface area contributed by atoms with Gasteiger partial charge in [0.25, 0.3) is 0 Å². The zero-order valence-corrected chi connectivity index (χ0v) is 12.7. The van der Waals surface area contributed by atoms with Crippen LogP contribution in [0.15, 0.2) is 35.0 Å². The van der Waals surface area contributed by atoms with Gasteiger partial charge in [-0.15, -0.1) is 22.7 Å². The molecule has 1 N–H and O–H groups in total. The Balaban J connectivity index is 1.70. The van der Waals surface area contributed by atoms with Crippen molar-refractivity contribution >= 4 is 22.7 Å². The van der Waals surface area contributed by atoms with E-state index in [-0.39, 0.29) is 0 Å². The third kappa shape index (κ3) is 3.08. The van der Waals surface area contributed by atoms with E-state index in [9.17, 15) is 0 Å². The molecule has 1 fully saturated rings. The van der Waals surface area contributed by atoms with Crippen LogP contribution in [0.25, 0.3) is 0 Å². The second kappa shape index (κ2) is 6.18. The minimum Gasteiger partial charge on any atom is -0.378 e. The number of rotatable bonds is 5. The van der Waals surface area contributed by atoms with Crippen molar-refractivity contribution in [2.24, 2.45) is 5.92 Å². The molecule has 1 aliphatic rings. The monoisotopic (exact) mass is 293 g/mol. The summed E-state index contributed by atoms with van der Waals surface area (Å²) < 4.78 is 5.64. The van der Waals surface area contributed by atoms with Gasteiger partial charge in [-0.3, -0.25) is 0 Å². The molecular formula is C15H19NOS2. The average molecular weight is 293 g/mol. The van der Waals surface area contributed by atoms with Gasteiger partial charge in [-0.05, 0) is 42.2 Å². The van der Waals surface area contributed by atoms with Crippen molar-refractivity contribution in [3.05, 3.63) is 44.8 Å². The van der Waals surface area contributed by atoms with Gasteiger partial charge in [0.15, 0.2) is 0 Å². The first-order chi connectivity index (χ1) is 9.34. The third-order valence-corrected chi connectivity index (χ3v) is 5.65. The van der Waals surface area contributed by atoms with E-state index in [1.165, 1.54) is 16.2 Å². The first-order valence-electron chi connectivity index (χ1n) is 6.76. The predicted molar refractivity (Wildman–Crippen MR) is 82.0 cm³/mol. The highest BCUT2D eigenvalue weighted by atomic mass is 32.1. The highest BCUT2D eigenvalue weighted by Crippen LogP contribution is 2.30. The zero-order valence-electron chi connectivity index (χ0n) is 11.0. The summed E-state index contributed by atoms with van der Waals surface area (Å²) in [6.07, 6.45) is 1.57. The molecule has 19 heavy (non-hydrogen) atoms. The highest BCUT2D eigenvalue weighted by molar-refractivity contribution is 7.11. The SMILES string of the molecule is CC1OCCC1CNC(c1cccs1)c1cccs1. The van der Waals surface area contributed by atoms with Crippen LogP contribution in [0, 0.1) is 5.92 Å². The lowest BCUT2D eigenvalue weighted by molar-refractivity contribution is 0.105. The number of hydrogen-bond acceptors (Lipinski definition) is 4. The Morgan fingerprint density at radius 3 is 2.42 bits per heavy atom. The van der Waals surface area contributed by atoms with Gasteiger partial charge in [0.05, 0.1) is 12.1 Å². The fraction of sp³-hybridized carbons (Fsp3) is 0.467. The van der Waals surface area contributed by atoms with Gasteiger partial charge in [-0.25, -0.2) is 0 Å². The van der Waals surface area contributed by atoms with Crippen LogP contribution in [0.4, 0.5) is 0 Å². The van der Waals surface area contributed by atoms with E-state index in [4.69, 9.17) is 4.74 Å². The Morgan fingerprint density at radius 2 is 1.95 bits per heavy atom. The van der Waals surface area contributed by atoms with Gasteiger partial charge in [0.2, 0.25) is 0 Å². The summed E-state index contributed by atoms with van der Waals surface area (Å²) in [7, 11) is 0. The molecule has 0 radical (unpaired) electrons. The van der Waals surface area contributed by atoms with Gasteiger partial charge < -0.3 is 10.1 Å². The topological polar surface area (TPSA) is 21.3 Å². The van der Waals surface area contributed by atoms with E-state index in [1.807, 2.05) is 22.7 Å². The van der Waals surface area contributed by atoms with Crippen molar-refractivity contribution in [3.63, 3.8) is 0 Å². The quantitative estimate of drug-likeness (QED) is 0.902. The molecule has 2 nitrogen and oxygen atoms in total. The molecule has 2 atom stereocenters. The number of nitrogens with one attached hydrogen (secondary N) is 1. The van der Waals surface area contributed by atoms with E-state index in [0.717, 1.165) is 13.2 Å². The van der Waals surface area contributed by atoms with E-state index in [1.54, 1.807) is 0 Å². The Bertz CT molecular complexity index is 446. The van der Waals surface area contributed by atoms with E-state index in [2.05, 4.69) is 47.3 Å². The molecule has 102 valence electrons. The maximum atomic E-state index is 5.64. The molecule has 0 aromatic carbocycles. The molecule has 4 heteroatoms. The molecule has 1 saturated heterocycles. The molecule has 0 bridgehead atoms. The molecule has 3 heterocycles. The smallest absolute Gasteiger partial charge is 0.0764 e. The second-order valence-electron chi connectivity index (χ2n) is 5.00. The molecule has 0 aliphatic carbocycles. The maximum absolute atomic E-state index is 5.64. The van der Waals surface area contributed by atoms with Crippen LogP contribution in [0.1, 0.15) is 29.1 Å². The van der Waals surface area contributed by atoms with Crippen molar-refractivity contribution in [3.8, 4) is 0 Å². The Labute approximate surface area is 122 Å². The van der Waals surface area contributed by atoms with Crippen LogP contribution in [-0.4, -0.2) is 19.3 Å². The summed E-state index contributed by atoms with van der Waals surface area (Å²) in [6.45, 7) is 4.13. The van der Waals surface area contributed by atoms with E-state index in [0.29, 0.717) is 18.1 Å². The summed E-state index contributed by atoms with van der Waals surface area (Å²) in [4.78, 5) is 2.79. The Kier molecular flexibility index (Phi) is 4.33. The van der Waals surface area contributed by atoms with E-state index >= 15 is 0 Å². The molecule has 0 spiro atoms. The third-order valence-electron chi connectivity index (χ3n) is 3.77. The average Bonchev–Trinajstić information content (AvgIpc) is 3.13. The molecule has 1 aliphatic heterocycles. The van der Waals surface area contributed by atoms with Gasteiger partial charge in [-0.2, -0.15) is 0 Å². The molecule has 3 rings (SSSR count). The normalized spacial score (nSPS) is 23.3. The largest absolute Gasteiger partial charge is 0.378 e. The maximum Gasteiger partial charge on any atom is 0.0764 e. The van der Waals surface area contributed by atoms with Crippen molar-refractivity contribution in [2.45, 2.75) is 25.5 Å². The van der Waals surface area contributed by atoms with Crippen molar-refractivity contribution in [1.29, 1.82) is 0 Å². The number of hydrogen-bond donors (Lipinski definition) is 1. The number of thiophene rings is 2. The van der Waals surface area contributed by atoms with Crippen molar-refractivity contribution < 1.29 is 4.74 Å². The lowest BCUT2D eigenvalue weighted by atomic mass is 10.0. The molecule has 0 amide bonds. The summed E-state index contributed by atoms with van der Waals surface area (Å²) in [5, 5.41) is 8.04. The molecule has 2 aromatic heterocycles. The first kappa shape index (κ1) is 13.3. The minimum atomic E-state index is 0.341. The van der Waals surface area contributed by atoms with Crippen LogP contribution in [-0.2, 0) is 4.74 Å². The van der Waals surface area contributed by atoms with E-state index < -0.39 is 0 Å². The fourth-order valence-electron chi connectivity index (χ4n) is 2.57. The zero-order chi connectivity index (χ0) is 13.1. The van der Waals surface area contributed by atoms with Crippen LogP contribution in [0.5, 0.6) is 0 Å². The van der Waals surface area contributed by atoms with Crippen LogP contribution in [0.3, 0.4) is 0 Å². The first-order valence-corrected chi connectivity index (χ1v) is 8.52. The van der Waals surface area contributed by atoms with Crippen LogP contribution in [0.2, 0.25) is 0 Å². The predicted octanol–water partition coefficient (Wildman–Crippen LogP) is 3.91. The lowest BCUT2D eigenvalue weighted by Crippen LogP contribution is -2.30. The molecule has 2 unspecified atom stereocenters. The summed E-state index contributed by atoms with van der Waals surface area (Å²) in [5.74, 6) is 0.641. The standard InChI is InChI=1S/C15H19NOS2/c1-11-12(6-7-17-11)10-16-15(13-4-2-8-18-13)14-5-3-9-19-14/h2-5,8-9,11-12,15-16H,6-7,10H2,1H3. The fourth-order valence-corrected chi connectivity index (χ4v) is 4.28. The Morgan fingerprint density at radius 1 is 1.26 bits per heavy atom. The van der Waals surface area contributed by atoms with Gasteiger partial charge in [0, 0.05) is 22.9 Å². The van der Waals surface area contributed by atoms with Gasteiger partial charge in [0.1, 0.15) is 0 Å². The molecule has 0 saturated carbocycles. The second-order valence-corrected chi connectivity index (χ2v) is 6.96. The summed E-state index contributed by atoms with van der Waals surface area (Å²) in [5.41, 5.74) is 0. The van der Waals surface area contributed by atoms with Gasteiger partial charge >= 0.3 is 0 Å². The molecule has 2 aromatic rings. The number of ether oxygens (including phenoxy) is 1. The van der Waals surface area contributed by atoms with Crippen LogP contribution >= 0.6 is 22.7 Å². The lowest BCUT2D eigenvalue weighted by Gasteiger charge is -2.20. The van der Waals surface area contributed by atoms with Crippen LogP contribution < -0.4 is 5.32 Å². The minimum absolute atomic E-state index is 0.341. The molecular weight excluding hydrogens is 274 g/mol.